The van der Waals surface area contributed by atoms with Crippen molar-refractivity contribution in [2.45, 2.75) is 51.5 Å². The highest BCUT2D eigenvalue weighted by Gasteiger charge is 2.21. The predicted molar refractivity (Wildman–Crippen MR) is 92.4 cm³/mol. The van der Waals surface area contributed by atoms with Crippen LogP contribution in [0.2, 0.25) is 0 Å². The lowest BCUT2D eigenvalue weighted by Gasteiger charge is -2.35. The maximum Gasteiger partial charge on any atom is 0.191 e. The van der Waals surface area contributed by atoms with Crippen molar-refractivity contribution in [2.24, 2.45) is 10.9 Å². The van der Waals surface area contributed by atoms with E-state index < -0.39 is 0 Å². The molecule has 2 rings (SSSR count). The summed E-state index contributed by atoms with van der Waals surface area (Å²) in [5, 5.41) is 6.74. The first kappa shape index (κ1) is 17.5. The maximum atomic E-state index is 5.63. The van der Waals surface area contributed by atoms with Gasteiger partial charge in [0.1, 0.15) is 0 Å². The van der Waals surface area contributed by atoms with Gasteiger partial charge in [-0.1, -0.05) is 13.3 Å². The van der Waals surface area contributed by atoms with Gasteiger partial charge in [0, 0.05) is 39.3 Å². The molecule has 1 aliphatic carbocycles. The number of nitrogens with one attached hydrogen (secondary N) is 2. The third-order valence-electron chi connectivity index (χ3n) is 4.72. The van der Waals surface area contributed by atoms with Crippen molar-refractivity contribution >= 4 is 5.96 Å². The van der Waals surface area contributed by atoms with Gasteiger partial charge in [-0.3, -0.25) is 9.89 Å². The maximum absolute atomic E-state index is 5.63. The Labute approximate surface area is 135 Å². The Bertz CT molecular complexity index is 331. The van der Waals surface area contributed by atoms with Crippen LogP contribution in [-0.2, 0) is 4.74 Å². The summed E-state index contributed by atoms with van der Waals surface area (Å²) in [5.41, 5.74) is 0. The Kier molecular flexibility index (Phi) is 8.02. The Morgan fingerprint density at radius 2 is 2.00 bits per heavy atom. The second-order valence-electron chi connectivity index (χ2n) is 6.54. The molecule has 0 radical (unpaired) electrons. The van der Waals surface area contributed by atoms with Crippen LogP contribution in [0.3, 0.4) is 0 Å². The molecule has 1 unspecified atom stereocenters. The summed E-state index contributed by atoms with van der Waals surface area (Å²) in [5.74, 6) is 1.73. The van der Waals surface area contributed by atoms with Crippen molar-refractivity contribution in [3.05, 3.63) is 0 Å². The van der Waals surface area contributed by atoms with E-state index in [9.17, 15) is 0 Å². The zero-order valence-electron chi connectivity index (χ0n) is 14.4. The molecule has 5 nitrogen and oxygen atoms in total. The van der Waals surface area contributed by atoms with E-state index in [0.717, 1.165) is 50.8 Å². The fraction of sp³-hybridized carbons (Fsp3) is 0.941. The molecule has 2 N–H and O–H groups in total. The summed E-state index contributed by atoms with van der Waals surface area (Å²) in [4.78, 5) is 6.90. The highest BCUT2D eigenvalue weighted by atomic mass is 16.5. The molecule has 1 saturated heterocycles. The third-order valence-corrected chi connectivity index (χ3v) is 4.72. The lowest BCUT2D eigenvalue weighted by molar-refractivity contribution is 0.129. The Hall–Kier alpha value is -0.810. The number of piperidine rings is 1. The van der Waals surface area contributed by atoms with Crippen LogP contribution in [0, 0.1) is 5.92 Å². The standard InChI is InChI=1S/C17H34N4O/c1-3-16-6-4-5-11-21(16)12-9-19-17(18-2)20-10-13-22-14-15-7-8-15/h15-16H,3-14H2,1-2H3,(H2,18,19,20). The highest BCUT2D eigenvalue weighted by Crippen LogP contribution is 2.28. The lowest BCUT2D eigenvalue weighted by atomic mass is 10.0. The summed E-state index contributed by atoms with van der Waals surface area (Å²) in [6.07, 6.45) is 8.08. The number of guanidine groups is 1. The number of ether oxygens (including phenoxy) is 1. The van der Waals surface area contributed by atoms with Crippen LogP contribution < -0.4 is 10.6 Å². The van der Waals surface area contributed by atoms with E-state index >= 15 is 0 Å². The number of nitrogens with zero attached hydrogens (tertiary/aromatic N) is 2. The first-order valence-electron chi connectivity index (χ1n) is 9.09. The zero-order valence-corrected chi connectivity index (χ0v) is 14.4. The first-order valence-corrected chi connectivity index (χ1v) is 9.09. The number of rotatable bonds is 9. The van der Waals surface area contributed by atoms with Crippen molar-refractivity contribution in [3.8, 4) is 0 Å². The van der Waals surface area contributed by atoms with Gasteiger partial charge in [-0.15, -0.1) is 0 Å². The third kappa shape index (κ3) is 6.53. The molecule has 1 aliphatic heterocycles. The summed E-state index contributed by atoms with van der Waals surface area (Å²) >= 11 is 0. The zero-order chi connectivity index (χ0) is 15.6. The Morgan fingerprint density at radius 1 is 1.18 bits per heavy atom. The minimum absolute atomic E-state index is 0.765. The molecule has 0 bridgehead atoms. The Balaban J connectivity index is 1.53. The van der Waals surface area contributed by atoms with Gasteiger partial charge >= 0.3 is 0 Å². The van der Waals surface area contributed by atoms with E-state index in [-0.39, 0.29) is 0 Å². The number of hydrogen-bond donors (Lipinski definition) is 2. The Morgan fingerprint density at radius 3 is 2.73 bits per heavy atom. The minimum Gasteiger partial charge on any atom is -0.379 e. The minimum atomic E-state index is 0.765. The van der Waals surface area contributed by atoms with Crippen LogP contribution in [0.25, 0.3) is 0 Å². The molecule has 22 heavy (non-hydrogen) atoms. The van der Waals surface area contributed by atoms with Gasteiger partial charge in [-0.2, -0.15) is 0 Å². The van der Waals surface area contributed by atoms with Gasteiger partial charge < -0.3 is 15.4 Å². The molecular formula is C17H34N4O. The second-order valence-corrected chi connectivity index (χ2v) is 6.54. The van der Waals surface area contributed by atoms with E-state index in [4.69, 9.17) is 4.74 Å². The van der Waals surface area contributed by atoms with E-state index in [2.05, 4.69) is 27.4 Å². The van der Waals surface area contributed by atoms with Crippen LogP contribution >= 0.6 is 0 Å². The summed E-state index contributed by atoms with van der Waals surface area (Å²) in [6, 6.07) is 0.779. The van der Waals surface area contributed by atoms with Crippen LogP contribution in [0.4, 0.5) is 0 Å². The molecule has 2 fully saturated rings. The summed E-state index contributed by atoms with van der Waals surface area (Å²) in [6.45, 7) is 8.15. The first-order chi connectivity index (χ1) is 10.8. The van der Waals surface area contributed by atoms with Crippen LogP contribution in [0.15, 0.2) is 4.99 Å². The largest absolute Gasteiger partial charge is 0.379 e. The molecule has 0 spiro atoms. The van der Waals surface area contributed by atoms with Gasteiger partial charge in [0.15, 0.2) is 5.96 Å². The highest BCUT2D eigenvalue weighted by molar-refractivity contribution is 5.79. The van der Waals surface area contributed by atoms with Gasteiger partial charge in [-0.05, 0) is 44.6 Å². The molecule has 0 aromatic carbocycles. The van der Waals surface area contributed by atoms with Gasteiger partial charge in [0.05, 0.1) is 6.61 Å². The number of likely N-dealkylation sites (tertiary alicyclic amines) is 1. The van der Waals surface area contributed by atoms with E-state index in [1.54, 1.807) is 0 Å². The van der Waals surface area contributed by atoms with E-state index in [1.165, 1.54) is 45.1 Å². The number of hydrogen-bond acceptors (Lipinski definition) is 3. The average Bonchev–Trinajstić information content (AvgIpc) is 3.37. The van der Waals surface area contributed by atoms with Crippen LogP contribution in [-0.4, -0.2) is 63.3 Å². The quantitative estimate of drug-likeness (QED) is 0.388. The molecule has 0 amide bonds. The van der Waals surface area contributed by atoms with Crippen molar-refractivity contribution in [2.75, 3.05) is 46.4 Å². The second kappa shape index (κ2) is 10.1. The topological polar surface area (TPSA) is 48.9 Å². The molecule has 1 heterocycles. The molecule has 1 atom stereocenters. The lowest BCUT2D eigenvalue weighted by Crippen LogP contribution is -2.46. The van der Waals surface area contributed by atoms with Crippen molar-refractivity contribution < 1.29 is 4.74 Å². The molecule has 5 heteroatoms. The normalized spacial score (nSPS) is 23.5. The summed E-state index contributed by atoms with van der Waals surface area (Å²) in [7, 11) is 1.83. The SMILES string of the molecule is CCC1CCCCN1CCNC(=NC)NCCOCC1CC1. The van der Waals surface area contributed by atoms with Crippen molar-refractivity contribution in [1.82, 2.24) is 15.5 Å². The van der Waals surface area contributed by atoms with E-state index in [0.29, 0.717) is 0 Å². The monoisotopic (exact) mass is 310 g/mol. The number of aliphatic imine (C=N–C) groups is 1. The van der Waals surface area contributed by atoms with Gasteiger partial charge in [-0.25, -0.2) is 0 Å². The molecule has 2 aliphatic rings. The van der Waals surface area contributed by atoms with E-state index in [1.807, 2.05) is 7.05 Å². The molecular weight excluding hydrogens is 276 g/mol. The molecule has 0 aromatic rings. The predicted octanol–water partition coefficient (Wildman–Crippen LogP) is 1.84. The van der Waals surface area contributed by atoms with Gasteiger partial charge in [0.25, 0.3) is 0 Å². The molecule has 1 saturated carbocycles. The van der Waals surface area contributed by atoms with Gasteiger partial charge in [0.2, 0.25) is 0 Å². The van der Waals surface area contributed by atoms with Crippen molar-refractivity contribution in [1.29, 1.82) is 0 Å². The van der Waals surface area contributed by atoms with Crippen LogP contribution in [0.5, 0.6) is 0 Å². The molecule has 128 valence electrons. The fourth-order valence-corrected chi connectivity index (χ4v) is 3.13. The summed E-state index contributed by atoms with van der Waals surface area (Å²) < 4.78 is 5.63. The fourth-order valence-electron chi connectivity index (χ4n) is 3.13. The van der Waals surface area contributed by atoms with Crippen molar-refractivity contribution in [3.63, 3.8) is 0 Å². The van der Waals surface area contributed by atoms with Crippen LogP contribution in [0.1, 0.15) is 45.4 Å². The molecule has 0 aromatic heterocycles. The average molecular weight is 310 g/mol. The smallest absolute Gasteiger partial charge is 0.191 e.